The minimum Gasteiger partial charge on any atom is -0.379 e. The van der Waals surface area contributed by atoms with Crippen molar-refractivity contribution in [2.45, 2.75) is 11.8 Å². The van der Waals surface area contributed by atoms with Crippen LogP contribution in [-0.4, -0.2) is 53.4 Å². The lowest BCUT2D eigenvalue weighted by atomic mass is 10.1. The molecule has 0 saturated carbocycles. The van der Waals surface area contributed by atoms with Crippen LogP contribution in [0, 0.1) is 17.0 Å². The number of aryl methyl sites for hydroxylation is 1. The number of nitro groups is 1. The van der Waals surface area contributed by atoms with Gasteiger partial charge in [-0.3, -0.25) is 29.3 Å². The van der Waals surface area contributed by atoms with E-state index in [1.807, 2.05) is 0 Å². The highest BCUT2D eigenvalue weighted by Gasteiger charge is 2.46. The van der Waals surface area contributed by atoms with Crippen LogP contribution in [-0.2, 0) is 10.1 Å². The van der Waals surface area contributed by atoms with Crippen LogP contribution in [0.4, 0.5) is 5.69 Å². The maximum absolute atomic E-state index is 13.8. The fraction of sp³-hybridized carbons (Fsp3) is 0.0667. The van der Waals surface area contributed by atoms with E-state index < -0.39 is 45.1 Å². The summed E-state index contributed by atoms with van der Waals surface area (Å²) < 4.78 is 31.8. The van der Waals surface area contributed by atoms with Crippen molar-refractivity contribution < 1.29 is 36.7 Å². The highest BCUT2D eigenvalue weighted by atomic mass is 79.9. The van der Waals surface area contributed by atoms with Gasteiger partial charge in [-0.25, -0.2) is 5.01 Å². The molecule has 17 heteroatoms. The third-order valence-electron chi connectivity index (χ3n) is 6.87. The third-order valence-corrected chi connectivity index (χ3v) is 12.9. The maximum Gasteiger partial charge on any atom is 0.339 e. The molecule has 3 amide bonds. The van der Waals surface area contributed by atoms with E-state index in [1.165, 1.54) is 36.4 Å². The lowest BCUT2D eigenvalue weighted by Gasteiger charge is -2.29. The molecule has 240 valence electrons. The van der Waals surface area contributed by atoms with Crippen molar-refractivity contribution in [3.63, 3.8) is 0 Å². The normalized spacial score (nSPS) is 12.6. The van der Waals surface area contributed by atoms with E-state index >= 15 is 0 Å². The van der Waals surface area contributed by atoms with Crippen molar-refractivity contribution in [2.75, 3.05) is 6.54 Å². The van der Waals surface area contributed by atoms with Gasteiger partial charge in [0.2, 0.25) is 0 Å². The summed E-state index contributed by atoms with van der Waals surface area (Å²) in [6.07, 6.45) is 0. The van der Waals surface area contributed by atoms with E-state index in [2.05, 4.69) is 63.7 Å². The molecule has 1 aliphatic rings. The summed E-state index contributed by atoms with van der Waals surface area (Å²) in [5.74, 6) is -3.63. The van der Waals surface area contributed by atoms with E-state index in [0.717, 1.165) is 29.8 Å². The van der Waals surface area contributed by atoms with Gasteiger partial charge in [-0.05, 0) is 119 Å². The van der Waals surface area contributed by atoms with E-state index in [1.54, 1.807) is 19.1 Å². The van der Waals surface area contributed by atoms with E-state index in [-0.39, 0.29) is 47.5 Å². The molecule has 0 atom stereocenters. The van der Waals surface area contributed by atoms with E-state index in [0.29, 0.717) is 19.0 Å². The van der Waals surface area contributed by atoms with Gasteiger partial charge in [-0.2, -0.15) is 13.4 Å². The van der Waals surface area contributed by atoms with E-state index in [9.17, 15) is 37.7 Å². The first-order valence-corrected chi connectivity index (χ1v) is 17.7. The van der Waals surface area contributed by atoms with Crippen LogP contribution >= 0.6 is 63.7 Å². The molecule has 0 unspecified atom stereocenters. The largest absolute Gasteiger partial charge is 0.379 e. The lowest BCUT2D eigenvalue weighted by Crippen LogP contribution is -2.51. The molecule has 1 heterocycles. The Kier molecular flexibility index (Phi) is 9.84. The second-order valence-corrected chi connectivity index (χ2v) is 14.6. The molecular formula is C30H17Br4N3O9S. The number of carbonyl (C=O) groups excluding carboxylic acids is 4. The van der Waals surface area contributed by atoms with Gasteiger partial charge in [0.25, 0.3) is 23.4 Å². The zero-order valence-electron chi connectivity index (χ0n) is 23.6. The zero-order chi connectivity index (χ0) is 34.4. The number of non-ortho nitro benzene ring substituents is 1. The number of amides is 3. The maximum atomic E-state index is 13.8. The molecule has 0 radical (unpaired) electrons. The first kappa shape index (κ1) is 34.6. The molecule has 0 aliphatic carbocycles. The number of imide groups is 1. The van der Waals surface area contributed by atoms with Crippen molar-refractivity contribution in [1.82, 2.24) is 10.0 Å². The van der Waals surface area contributed by atoms with Crippen molar-refractivity contribution >= 4 is 103 Å². The van der Waals surface area contributed by atoms with Crippen molar-refractivity contribution in [3.05, 3.63) is 129 Å². The Morgan fingerprint density at radius 1 is 0.787 bits per heavy atom. The number of benzene rings is 4. The van der Waals surface area contributed by atoms with Gasteiger partial charge in [-0.1, -0.05) is 17.7 Å². The molecule has 1 aliphatic heterocycles. The summed E-state index contributed by atoms with van der Waals surface area (Å²) in [7, 11) is -4.17. The van der Waals surface area contributed by atoms with Crippen molar-refractivity contribution in [1.29, 1.82) is 0 Å². The molecule has 0 saturated heterocycles. The fourth-order valence-electron chi connectivity index (χ4n) is 4.47. The number of hydrogen-bond acceptors (Lipinski definition) is 9. The number of rotatable bonds is 9. The molecule has 5 rings (SSSR count). The van der Waals surface area contributed by atoms with Crippen LogP contribution in [0.2, 0.25) is 0 Å². The Balaban J connectivity index is 1.47. The Labute approximate surface area is 300 Å². The first-order chi connectivity index (χ1) is 22.1. The SMILES string of the molecule is Cc1ccc(S(=O)(=O)Oc2ccc(C(=O)CN(C(=O)c3ccc([N+](=O)[O-])cc3)N3C(=O)c4c(Br)c(Br)c(Br)c(Br)c4C3=O)cc2)cc1. The number of halogens is 4. The molecular weight excluding hydrogens is 898 g/mol. The number of nitrogens with zero attached hydrogens (tertiary/aromatic N) is 3. The predicted molar refractivity (Wildman–Crippen MR) is 182 cm³/mol. The Bertz CT molecular complexity index is 2060. The highest BCUT2D eigenvalue weighted by Crippen LogP contribution is 2.45. The minimum absolute atomic E-state index is 0.00366. The quantitative estimate of drug-likeness (QED) is 0.0320. The molecule has 4 aromatic rings. The van der Waals surface area contributed by atoms with Crippen LogP contribution in [0.15, 0.2) is 95.6 Å². The van der Waals surface area contributed by atoms with Gasteiger partial charge in [0, 0.05) is 41.2 Å². The highest BCUT2D eigenvalue weighted by molar-refractivity contribution is 9.15. The number of Topliss-reactive ketones (excluding diaryl/α,β-unsaturated/α-hetero) is 1. The topological polar surface area (TPSA) is 161 Å². The zero-order valence-corrected chi connectivity index (χ0v) is 30.7. The minimum atomic E-state index is -4.17. The lowest BCUT2D eigenvalue weighted by molar-refractivity contribution is -0.384. The summed E-state index contributed by atoms with van der Waals surface area (Å²) in [6, 6.07) is 15.4. The van der Waals surface area contributed by atoms with Crippen LogP contribution in [0.5, 0.6) is 5.75 Å². The van der Waals surface area contributed by atoms with Gasteiger partial charge < -0.3 is 4.18 Å². The molecule has 4 aromatic carbocycles. The molecule has 0 N–H and O–H groups in total. The number of ketones is 1. The summed E-state index contributed by atoms with van der Waals surface area (Å²) in [6.45, 7) is 0.985. The number of fused-ring (bicyclic) bond motifs is 1. The third kappa shape index (κ3) is 6.67. The van der Waals surface area contributed by atoms with Gasteiger partial charge >= 0.3 is 10.1 Å². The van der Waals surface area contributed by atoms with Crippen LogP contribution in [0.1, 0.15) is 47.0 Å². The van der Waals surface area contributed by atoms with Crippen LogP contribution in [0.25, 0.3) is 0 Å². The van der Waals surface area contributed by atoms with E-state index in [4.69, 9.17) is 4.18 Å². The number of carbonyl (C=O) groups is 4. The molecule has 0 spiro atoms. The molecule has 0 bridgehead atoms. The molecule has 12 nitrogen and oxygen atoms in total. The monoisotopic (exact) mass is 911 g/mol. The Hall–Kier alpha value is -3.77. The fourth-order valence-corrected chi connectivity index (χ4v) is 7.86. The summed E-state index contributed by atoms with van der Waals surface area (Å²) >= 11 is 13.3. The molecule has 0 fully saturated rings. The first-order valence-electron chi connectivity index (χ1n) is 13.1. The average Bonchev–Trinajstić information content (AvgIpc) is 3.30. The van der Waals surface area contributed by atoms with Crippen molar-refractivity contribution in [2.24, 2.45) is 0 Å². The van der Waals surface area contributed by atoms with Gasteiger partial charge in [-0.15, -0.1) is 0 Å². The smallest absolute Gasteiger partial charge is 0.339 e. The summed E-state index contributed by atoms with van der Waals surface area (Å²) in [5, 5.41) is 12.3. The molecule has 0 aromatic heterocycles. The number of hydrazine groups is 1. The Morgan fingerprint density at radius 3 is 1.77 bits per heavy atom. The summed E-state index contributed by atoms with van der Waals surface area (Å²) in [5.41, 5.74) is 0.236. The predicted octanol–water partition coefficient (Wildman–Crippen LogP) is 7.26. The second kappa shape index (κ2) is 13.4. The van der Waals surface area contributed by atoms with Crippen molar-refractivity contribution in [3.8, 4) is 5.75 Å². The second-order valence-electron chi connectivity index (χ2n) is 9.89. The number of nitro benzene ring substituents is 1. The van der Waals surface area contributed by atoms with Crippen LogP contribution in [0.3, 0.4) is 0 Å². The van der Waals surface area contributed by atoms with Crippen LogP contribution < -0.4 is 4.18 Å². The van der Waals surface area contributed by atoms with Gasteiger partial charge in [0.15, 0.2) is 5.78 Å². The Morgan fingerprint density at radius 2 is 1.28 bits per heavy atom. The average molecular weight is 915 g/mol. The summed E-state index contributed by atoms with van der Waals surface area (Å²) in [4.78, 5) is 65.3. The van der Waals surface area contributed by atoms with Gasteiger partial charge in [0.05, 0.1) is 16.1 Å². The molecule has 47 heavy (non-hydrogen) atoms. The number of hydrogen-bond donors (Lipinski definition) is 0. The standard InChI is InChI=1S/C30H17Br4N3O9S/c1-15-2-12-20(13-3-15)47(44,45)46-19-10-6-16(7-11-19)21(38)14-35(28(39)17-4-8-18(9-5-17)37(42)43)36-29(40)22-23(30(36)41)25(32)27(34)26(33)24(22)31/h2-13H,14H2,1H3. The van der Waals surface area contributed by atoms with Gasteiger partial charge in [0.1, 0.15) is 17.2 Å².